The lowest BCUT2D eigenvalue weighted by molar-refractivity contribution is -0.551. The first-order valence-electron chi connectivity index (χ1n) is 11.3. The summed E-state index contributed by atoms with van der Waals surface area (Å²) in [5.74, 6) is -1.20. The topological polar surface area (TPSA) is 80.4 Å². The summed E-state index contributed by atoms with van der Waals surface area (Å²) in [4.78, 5) is 26.1. The normalized spacial score (nSPS) is 26.1. The lowest BCUT2D eigenvalue weighted by atomic mass is 9.60. The molecule has 5 heteroatoms. The van der Waals surface area contributed by atoms with Crippen LogP contribution in [0.25, 0.3) is 5.57 Å². The highest BCUT2D eigenvalue weighted by Crippen LogP contribution is 2.59. The minimum absolute atomic E-state index is 0.169. The molecule has 0 unspecified atom stereocenters. The number of ketones is 1. The molecule has 0 amide bonds. The highest BCUT2D eigenvalue weighted by molar-refractivity contribution is 6.19. The fourth-order valence-corrected chi connectivity index (χ4v) is 5.92. The number of nitrogens with zero attached hydrogens (tertiary/aromatic N) is 1. The molecule has 5 rings (SSSR count). The van der Waals surface area contributed by atoms with E-state index in [0.717, 1.165) is 23.1 Å². The van der Waals surface area contributed by atoms with Crippen LogP contribution in [0.2, 0.25) is 0 Å². The van der Waals surface area contributed by atoms with Crippen LogP contribution in [0.4, 0.5) is 0 Å². The van der Waals surface area contributed by atoms with Gasteiger partial charge in [-0.2, -0.15) is 0 Å². The minimum Gasteiger partial charge on any atom is -0.374 e. The SMILES string of the molecule is CCC[C@@H]1C(c2ccccc2)=C2C(=O)c3ccccc3[C@@]2(O)[C@H]([N+](=O)[O-])[C@H]1c1ccccc1. The quantitative estimate of drug-likeness (QED) is 0.427. The van der Waals surface area contributed by atoms with Crippen LogP contribution in [-0.2, 0) is 5.60 Å². The molecule has 5 nitrogen and oxygen atoms in total. The van der Waals surface area contributed by atoms with E-state index in [1.165, 1.54) is 0 Å². The molecule has 0 saturated heterocycles. The molecule has 33 heavy (non-hydrogen) atoms. The van der Waals surface area contributed by atoms with Gasteiger partial charge in [0.25, 0.3) is 6.04 Å². The molecule has 1 N–H and O–H groups in total. The van der Waals surface area contributed by atoms with Crippen molar-refractivity contribution < 1.29 is 14.8 Å². The third kappa shape index (κ3) is 3.07. The van der Waals surface area contributed by atoms with Gasteiger partial charge in [-0.15, -0.1) is 0 Å². The van der Waals surface area contributed by atoms with Crippen molar-refractivity contribution in [1.29, 1.82) is 0 Å². The Kier molecular flexibility index (Phi) is 5.22. The van der Waals surface area contributed by atoms with Crippen molar-refractivity contribution >= 4 is 11.4 Å². The van der Waals surface area contributed by atoms with Crippen LogP contribution in [0, 0.1) is 16.0 Å². The lowest BCUT2D eigenvalue weighted by Gasteiger charge is -2.44. The maximum Gasteiger partial charge on any atom is 0.257 e. The van der Waals surface area contributed by atoms with Crippen LogP contribution < -0.4 is 0 Å². The van der Waals surface area contributed by atoms with Gasteiger partial charge in [0.15, 0.2) is 11.4 Å². The average Bonchev–Trinajstić information content (AvgIpc) is 3.07. The number of carbonyl (C=O) groups excluding carboxylic acids is 1. The second-order valence-electron chi connectivity index (χ2n) is 8.86. The van der Waals surface area contributed by atoms with Gasteiger partial charge in [0.1, 0.15) is 0 Å². The molecule has 166 valence electrons. The number of rotatable bonds is 5. The predicted octanol–water partition coefficient (Wildman–Crippen LogP) is 5.38. The number of carbonyl (C=O) groups is 1. The zero-order chi connectivity index (χ0) is 23.2. The molecule has 2 aliphatic rings. The van der Waals surface area contributed by atoms with Gasteiger partial charge in [-0.05, 0) is 29.0 Å². The maximum absolute atomic E-state index is 13.7. The predicted molar refractivity (Wildman–Crippen MR) is 126 cm³/mol. The molecule has 2 aliphatic carbocycles. The molecule has 0 heterocycles. The van der Waals surface area contributed by atoms with Crippen molar-refractivity contribution in [2.45, 2.75) is 37.3 Å². The van der Waals surface area contributed by atoms with E-state index in [1.807, 2.05) is 67.6 Å². The monoisotopic (exact) mass is 439 g/mol. The van der Waals surface area contributed by atoms with Gasteiger partial charge in [-0.25, -0.2) is 0 Å². The van der Waals surface area contributed by atoms with Crippen molar-refractivity contribution in [1.82, 2.24) is 0 Å². The number of fused-ring (bicyclic) bond motifs is 3. The number of benzene rings is 3. The standard InChI is InChI=1S/C28H25NO4/c1-2-11-21-23(18-12-5-3-6-13-18)25-26(30)20-16-9-10-17-22(20)28(25,31)27(29(32)33)24(21)19-14-7-4-8-15-19/h3-10,12-17,21,24,27,31H,2,11H2,1H3/t21-,24+,27-,28+/m1/s1. The molecule has 3 aromatic rings. The Balaban J connectivity index is 1.91. The largest absolute Gasteiger partial charge is 0.374 e. The van der Waals surface area contributed by atoms with Crippen molar-refractivity contribution in [2.24, 2.45) is 5.92 Å². The zero-order valence-corrected chi connectivity index (χ0v) is 18.3. The number of aliphatic hydroxyl groups is 1. The summed E-state index contributed by atoms with van der Waals surface area (Å²) in [7, 11) is 0. The number of nitro groups is 1. The van der Waals surface area contributed by atoms with Gasteiger partial charge in [-0.1, -0.05) is 98.3 Å². The minimum atomic E-state index is -2.01. The highest BCUT2D eigenvalue weighted by atomic mass is 16.6. The summed E-state index contributed by atoms with van der Waals surface area (Å²) in [6, 6.07) is 24.3. The lowest BCUT2D eigenvalue weighted by Crippen LogP contribution is -2.53. The molecular weight excluding hydrogens is 414 g/mol. The third-order valence-electron chi connectivity index (χ3n) is 7.13. The van der Waals surface area contributed by atoms with Gasteiger partial charge in [-0.3, -0.25) is 14.9 Å². The van der Waals surface area contributed by atoms with E-state index in [0.29, 0.717) is 17.5 Å². The molecule has 3 aromatic carbocycles. The second kappa shape index (κ2) is 8.09. The van der Waals surface area contributed by atoms with Crippen molar-refractivity contribution in [3.63, 3.8) is 0 Å². The van der Waals surface area contributed by atoms with E-state index >= 15 is 0 Å². The molecule has 0 aromatic heterocycles. The summed E-state index contributed by atoms with van der Waals surface area (Å²) in [5.41, 5.74) is 1.20. The molecule has 0 fully saturated rings. The Morgan fingerprint density at radius 1 is 0.939 bits per heavy atom. The Labute approximate surface area is 192 Å². The Bertz CT molecular complexity index is 1250. The molecule has 0 saturated carbocycles. The van der Waals surface area contributed by atoms with E-state index < -0.39 is 17.6 Å². The Hall–Kier alpha value is -3.57. The number of Topliss-reactive ketones (excluding diaryl/α,β-unsaturated/α-hetero) is 1. The van der Waals surface area contributed by atoms with Gasteiger partial charge in [0.2, 0.25) is 0 Å². The van der Waals surface area contributed by atoms with E-state index in [4.69, 9.17) is 0 Å². The summed E-state index contributed by atoms with van der Waals surface area (Å²) in [6.45, 7) is 2.04. The first kappa shape index (κ1) is 21.3. The van der Waals surface area contributed by atoms with E-state index in [2.05, 4.69) is 0 Å². The fraction of sp³-hybridized carbons (Fsp3) is 0.250. The first-order valence-corrected chi connectivity index (χ1v) is 11.3. The Morgan fingerprint density at radius 3 is 2.18 bits per heavy atom. The summed E-state index contributed by atoms with van der Waals surface area (Å²) in [6.07, 6.45) is 1.46. The smallest absolute Gasteiger partial charge is 0.257 e. The zero-order valence-electron chi connectivity index (χ0n) is 18.3. The number of hydrogen-bond acceptors (Lipinski definition) is 4. The molecule has 0 aliphatic heterocycles. The van der Waals surface area contributed by atoms with Crippen LogP contribution in [0.3, 0.4) is 0 Å². The molecule has 0 radical (unpaired) electrons. The van der Waals surface area contributed by atoms with Crippen LogP contribution in [0.1, 0.15) is 52.7 Å². The summed E-state index contributed by atoms with van der Waals surface area (Å²) in [5, 5.41) is 25.0. The molecule has 4 atom stereocenters. The van der Waals surface area contributed by atoms with Gasteiger partial charge in [0, 0.05) is 21.6 Å². The summed E-state index contributed by atoms with van der Waals surface area (Å²) < 4.78 is 0. The van der Waals surface area contributed by atoms with E-state index in [1.54, 1.807) is 24.3 Å². The molecule has 0 bridgehead atoms. The van der Waals surface area contributed by atoms with Gasteiger partial charge in [0.05, 0.1) is 5.92 Å². The van der Waals surface area contributed by atoms with Gasteiger partial charge >= 0.3 is 0 Å². The number of hydrogen-bond donors (Lipinski definition) is 1. The number of allylic oxidation sites excluding steroid dienone is 1. The van der Waals surface area contributed by atoms with E-state index in [9.17, 15) is 20.0 Å². The Morgan fingerprint density at radius 2 is 1.55 bits per heavy atom. The maximum atomic E-state index is 13.7. The van der Waals surface area contributed by atoms with Crippen LogP contribution in [0.15, 0.2) is 90.5 Å². The van der Waals surface area contributed by atoms with Crippen LogP contribution in [0.5, 0.6) is 0 Å². The first-order chi connectivity index (χ1) is 16.0. The van der Waals surface area contributed by atoms with Gasteiger partial charge < -0.3 is 5.11 Å². The van der Waals surface area contributed by atoms with Crippen molar-refractivity contribution in [3.05, 3.63) is 123 Å². The summed E-state index contributed by atoms with van der Waals surface area (Å²) >= 11 is 0. The van der Waals surface area contributed by atoms with Crippen molar-refractivity contribution in [3.8, 4) is 0 Å². The van der Waals surface area contributed by atoms with Crippen molar-refractivity contribution in [2.75, 3.05) is 0 Å². The molecule has 0 spiro atoms. The third-order valence-corrected chi connectivity index (χ3v) is 7.13. The van der Waals surface area contributed by atoms with Crippen LogP contribution >= 0.6 is 0 Å². The molecular formula is C28H25NO4. The average molecular weight is 440 g/mol. The second-order valence-corrected chi connectivity index (χ2v) is 8.86. The van der Waals surface area contributed by atoms with E-state index in [-0.39, 0.29) is 22.2 Å². The fourth-order valence-electron chi connectivity index (χ4n) is 5.92. The van der Waals surface area contributed by atoms with Crippen LogP contribution in [-0.4, -0.2) is 21.9 Å². The highest BCUT2D eigenvalue weighted by Gasteiger charge is 2.65.